The monoisotopic (exact) mass is 304 g/mol. The van der Waals surface area contributed by atoms with Gasteiger partial charge in [0.1, 0.15) is 13.2 Å². The number of alkyl carbamates (subject to hydrolysis) is 1. The topological polar surface area (TPSA) is 67.4 Å². The lowest BCUT2D eigenvalue weighted by Crippen LogP contribution is -2.45. The predicted octanol–water partition coefficient (Wildman–Crippen LogP) is 2.61. The van der Waals surface area contributed by atoms with Gasteiger partial charge in [-0.15, -0.1) is 0 Å². The Labute approximate surface area is 131 Å². The van der Waals surface area contributed by atoms with Gasteiger partial charge in [-0.2, -0.15) is 0 Å². The molecule has 1 aliphatic rings. The molecule has 5 heteroatoms. The highest BCUT2D eigenvalue weighted by Crippen LogP contribution is 2.23. The molecule has 1 aliphatic carbocycles. The summed E-state index contributed by atoms with van der Waals surface area (Å²) in [4.78, 5) is 23.4. The van der Waals surface area contributed by atoms with Gasteiger partial charge in [-0.05, 0) is 24.3 Å². The normalized spacial score (nSPS) is 21.0. The Morgan fingerprint density at radius 3 is 2.64 bits per heavy atom. The van der Waals surface area contributed by atoms with Gasteiger partial charge in [0.2, 0.25) is 5.91 Å². The summed E-state index contributed by atoms with van der Waals surface area (Å²) >= 11 is 0. The van der Waals surface area contributed by atoms with Gasteiger partial charge in [0.05, 0.1) is 0 Å². The Hall–Kier alpha value is -2.04. The molecule has 0 spiro atoms. The minimum absolute atomic E-state index is 0.0448. The maximum Gasteiger partial charge on any atom is 0.407 e. The Morgan fingerprint density at radius 2 is 1.91 bits per heavy atom. The molecule has 1 aromatic rings. The summed E-state index contributed by atoms with van der Waals surface area (Å²) in [6, 6.07) is 9.66. The van der Waals surface area contributed by atoms with Crippen LogP contribution in [0, 0.1) is 5.92 Å². The van der Waals surface area contributed by atoms with E-state index >= 15 is 0 Å². The van der Waals surface area contributed by atoms with Crippen LogP contribution in [-0.2, 0) is 16.1 Å². The lowest BCUT2D eigenvalue weighted by atomic mass is 9.86. The summed E-state index contributed by atoms with van der Waals surface area (Å²) in [5.41, 5.74) is 0.915. The molecule has 0 bridgehead atoms. The molecule has 0 aromatic heterocycles. The first-order valence-corrected chi connectivity index (χ1v) is 7.89. The molecule has 22 heavy (non-hydrogen) atoms. The van der Waals surface area contributed by atoms with E-state index in [2.05, 4.69) is 17.6 Å². The molecule has 2 amide bonds. The van der Waals surface area contributed by atoms with Gasteiger partial charge < -0.3 is 15.4 Å². The summed E-state index contributed by atoms with van der Waals surface area (Å²) in [7, 11) is 0. The van der Waals surface area contributed by atoms with Crippen LogP contribution in [0.4, 0.5) is 4.79 Å². The minimum Gasteiger partial charge on any atom is -0.445 e. The predicted molar refractivity (Wildman–Crippen MR) is 84.2 cm³/mol. The van der Waals surface area contributed by atoms with Crippen LogP contribution < -0.4 is 10.6 Å². The van der Waals surface area contributed by atoms with E-state index in [1.807, 2.05) is 30.3 Å². The van der Waals surface area contributed by atoms with Crippen molar-refractivity contribution in [1.82, 2.24) is 10.6 Å². The first kappa shape index (κ1) is 16.3. The fourth-order valence-electron chi connectivity index (χ4n) is 2.72. The van der Waals surface area contributed by atoms with E-state index < -0.39 is 6.09 Å². The summed E-state index contributed by atoms with van der Waals surface area (Å²) in [5, 5.41) is 5.47. The van der Waals surface area contributed by atoms with Gasteiger partial charge in [0, 0.05) is 6.04 Å². The molecule has 2 rings (SSSR count). The fraction of sp³-hybridized carbons (Fsp3) is 0.529. The Kier molecular flexibility index (Phi) is 6.25. The van der Waals surface area contributed by atoms with Gasteiger partial charge in [0.25, 0.3) is 0 Å². The van der Waals surface area contributed by atoms with Crippen molar-refractivity contribution in [2.24, 2.45) is 5.92 Å². The second kappa shape index (κ2) is 8.41. The zero-order valence-electron chi connectivity index (χ0n) is 13.0. The molecule has 2 N–H and O–H groups in total. The van der Waals surface area contributed by atoms with E-state index in [4.69, 9.17) is 4.74 Å². The van der Waals surface area contributed by atoms with Gasteiger partial charge in [-0.3, -0.25) is 4.79 Å². The quantitative estimate of drug-likeness (QED) is 0.878. The zero-order chi connectivity index (χ0) is 15.8. The molecule has 0 saturated heterocycles. The highest BCUT2D eigenvalue weighted by atomic mass is 16.5. The second-order valence-corrected chi connectivity index (χ2v) is 5.85. The molecule has 0 radical (unpaired) electrons. The molecule has 1 fully saturated rings. The molecule has 120 valence electrons. The van der Waals surface area contributed by atoms with Crippen molar-refractivity contribution in [3.63, 3.8) is 0 Å². The van der Waals surface area contributed by atoms with Crippen LogP contribution in [0.5, 0.6) is 0 Å². The van der Waals surface area contributed by atoms with E-state index in [9.17, 15) is 9.59 Å². The number of hydrogen-bond acceptors (Lipinski definition) is 3. The van der Waals surface area contributed by atoms with Crippen LogP contribution in [0.3, 0.4) is 0 Å². The molecule has 5 nitrogen and oxygen atoms in total. The first-order chi connectivity index (χ1) is 10.6. The van der Waals surface area contributed by atoms with Crippen LogP contribution in [0.1, 0.15) is 38.2 Å². The maximum absolute atomic E-state index is 11.9. The van der Waals surface area contributed by atoms with E-state index in [0.29, 0.717) is 5.92 Å². The van der Waals surface area contributed by atoms with Crippen molar-refractivity contribution >= 4 is 12.0 Å². The third-order valence-corrected chi connectivity index (χ3v) is 4.06. The van der Waals surface area contributed by atoms with E-state index in [-0.39, 0.29) is 25.1 Å². The van der Waals surface area contributed by atoms with Crippen molar-refractivity contribution in [2.75, 3.05) is 6.54 Å². The molecule has 0 aliphatic heterocycles. The average molecular weight is 304 g/mol. The number of carbonyl (C=O) groups excluding carboxylic acids is 2. The lowest BCUT2D eigenvalue weighted by molar-refractivity contribution is -0.121. The molecular formula is C17H24N2O3. The highest BCUT2D eigenvalue weighted by Gasteiger charge is 2.22. The highest BCUT2D eigenvalue weighted by molar-refractivity contribution is 5.82. The second-order valence-electron chi connectivity index (χ2n) is 5.85. The molecule has 1 saturated carbocycles. The van der Waals surface area contributed by atoms with Gasteiger partial charge in [-0.1, -0.05) is 50.1 Å². The largest absolute Gasteiger partial charge is 0.445 e. The Morgan fingerprint density at radius 1 is 1.18 bits per heavy atom. The van der Waals surface area contributed by atoms with Crippen molar-refractivity contribution in [1.29, 1.82) is 0 Å². The first-order valence-electron chi connectivity index (χ1n) is 7.89. The number of nitrogens with one attached hydrogen (secondary N) is 2. The molecule has 0 heterocycles. The van der Waals surface area contributed by atoms with E-state index in [0.717, 1.165) is 24.8 Å². The molecule has 2 atom stereocenters. The average Bonchev–Trinajstić information content (AvgIpc) is 2.54. The van der Waals surface area contributed by atoms with Gasteiger partial charge in [0.15, 0.2) is 0 Å². The van der Waals surface area contributed by atoms with Crippen LogP contribution in [0.15, 0.2) is 30.3 Å². The summed E-state index contributed by atoms with van der Waals surface area (Å²) < 4.78 is 5.06. The molecule has 0 unspecified atom stereocenters. The molecule has 1 aromatic carbocycles. The van der Waals surface area contributed by atoms with Crippen molar-refractivity contribution in [3.05, 3.63) is 35.9 Å². The van der Waals surface area contributed by atoms with Gasteiger partial charge in [-0.25, -0.2) is 4.79 Å². The van der Waals surface area contributed by atoms with E-state index in [1.165, 1.54) is 6.42 Å². The van der Waals surface area contributed by atoms with Crippen molar-refractivity contribution in [3.8, 4) is 0 Å². The number of amides is 2. The number of rotatable bonds is 5. The third kappa shape index (κ3) is 5.39. The SMILES string of the molecule is C[C@@H]1CCCC[C@@H]1NC(=O)CNC(=O)OCc1ccccc1. The number of carbonyl (C=O) groups is 2. The van der Waals surface area contributed by atoms with Crippen molar-refractivity contribution < 1.29 is 14.3 Å². The van der Waals surface area contributed by atoms with Crippen LogP contribution >= 0.6 is 0 Å². The maximum atomic E-state index is 11.9. The standard InChI is InChI=1S/C17H24N2O3/c1-13-7-5-6-10-15(13)19-16(20)11-18-17(21)22-12-14-8-3-2-4-9-14/h2-4,8-9,13,15H,5-7,10-12H2,1H3,(H,18,21)(H,19,20)/t13-,15+/m1/s1. The van der Waals surface area contributed by atoms with Gasteiger partial charge >= 0.3 is 6.09 Å². The Bertz CT molecular complexity index is 490. The van der Waals surface area contributed by atoms with Crippen LogP contribution in [-0.4, -0.2) is 24.6 Å². The Balaban J connectivity index is 1.64. The third-order valence-electron chi connectivity index (χ3n) is 4.06. The summed E-state index contributed by atoms with van der Waals surface area (Å²) in [6.07, 6.45) is 3.98. The summed E-state index contributed by atoms with van der Waals surface area (Å²) in [5.74, 6) is 0.346. The molecular weight excluding hydrogens is 280 g/mol. The number of benzene rings is 1. The smallest absolute Gasteiger partial charge is 0.407 e. The van der Waals surface area contributed by atoms with Crippen LogP contribution in [0.2, 0.25) is 0 Å². The van der Waals surface area contributed by atoms with E-state index in [1.54, 1.807) is 0 Å². The van der Waals surface area contributed by atoms with Crippen molar-refractivity contribution in [2.45, 2.75) is 45.3 Å². The number of ether oxygens (including phenoxy) is 1. The number of hydrogen-bond donors (Lipinski definition) is 2. The fourth-order valence-corrected chi connectivity index (χ4v) is 2.72. The van der Waals surface area contributed by atoms with Crippen LogP contribution in [0.25, 0.3) is 0 Å². The lowest BCUT2D eigenvalue weighted by Gasteiger charge is -2.29. The zero-order valence-corrected chi connectivity index (χ0v) is 13.0. The minimum atomic E-state index is -0.573. The summed E-state index contributed by atoms with van der Waals surface area (Å²) in [6.45, 7) is 2.32.